The van der Waals surface area contributed by atoms with Crippen LogP contribution in [0.5, 0.6) is 0 Å². The van der Waals surface area contributed by atoms with E-state index in [2.05, 4.69) is 4.89 Å². The molecule has 1 aliphatic rings. The molecule has 0 unspecified atom stereocenters. The smallest absolute Gasteiger partial charge is 0.122 e. The molecular weight excluding hydrogens is 120 g/mol. The Balaban J connectivity index is 2.43. The molecule has 0 amide bonds. The van der Waals surface area contributed by atoms with Crippen LogP contribution in [0.2, 0.25) is 0 Å². The molecule has 1 rings (SSSR count). The molecule has 0 heterocycles. The van der Waals surface area contributed by atoms with Crippen LogP contribution in [-0.2, 0) is 4.89 Å². The topological polar surface area (TPSA) is 49.7 Å². The molecule has 9 heavy (non-hydrogen) atoms. The van der Waals surface area contributed by atoms with Gasteiger partial charge in [-0.1, -0.05) is 12.2 Å². The molecule has 0 fully saturated rings. The lowest BCUT2D eigenvalue weighted by molar-refractivity contribution is -0.296. The molecule has 2 atom stereocenters. The Bertz CT molecular complexity index is 111. The third-order valence-corrected chi connectivity index (χ3v) is 1.48. The third kappa shape index (κ3) is 1.51. The maximum Gasteiger partial charge on any atom is 0.122 e. The molecule has 0 aromatic carbocycles. The SMILES string of the molecule is OO[C@@H]1CC=CC[C@H]1O. The quantitative estimate of drug-likeness (QED) is 0.309. The summed E-state index contributed by atoms with van der Waals surface area (Å²) in [7, 11) is 0. The van der Waals surface area contributed by atoms with E-state index in [1.54, 1.807) is 0 Å². The van der Waals surface area contributed by atoms with E-state index in [9.17, 15) is 0 Å². The average Bonchev–Trinajstić information content (AvgIpc) is 1.89. The van der Waals surface area contributed by atoms with Crippen molar-refractivity contribution < 1.29 is 15.3 Å². The largest absolute Gasteiger partial charge is 0.390 e. The van der Waals surface area contributed by atoms with Gasteiger partial charge in [0.15, 0.2) is 0 Å². The summed E-state index contributed by atoms with van der Waals surface area (Å²) in [6, 6.07) is 0. The van der Waals surface area contributed by atoms with Crippen molar-refractivity contribution in [2.75, 3.05) is 0 Å². The van der Waals surface area contributed by atoms with Gasteiger partial charge in [-0.3, -0.25) is 5.26 Å². The zero-order chi connectivity index (χ0) is 6.69. The van der Waals surface area contributed by atoms with Crippen LogP contribution in [0.25, 0.3) is 0 Å². The van der Waals surface area contributed by atoms with Crippen LogP contribution in [0, 0.1) is 0 Å². The standard InChI is InChI=1S/C6H10O3/c7-5-3-1-2-4-6(5)9-8/h1-2,5-8H,3-4H2/t5-,6-/m1/s1. The van der Waals surface area contributed by atoms with Crippen LogP contribution in [0.3, 0.4) is 0 Å². The van der Waals surface area contributed by atoms with E-state index in [-0.39, 0.29) is 0 Å². The van der Waals surface area contributed by atoms with Crippen molar-refractivity contribution in [2.45, 2.75) is 25.0 Å². The van der Waals surface area contributed by atoms with Crippen molar-refractivity contribution in [2.24, 2.45) is 0 Å². The fraction of sp³-hybridized carbons (Fsp3) is 0.667. The van der Waals surface area contributed by atoms with Gasteiger partial charge in [0, 0.05) is 0 Å². The first-order chi connectivity index (χ1) is 4.34. The van der Waals surface area contributed by atoms with E-state index in [1.165, 1.54) is 0 Å². The molecule has 0 aromatic heterocycles. The van der Waals surface area contributed by atoms with Crippen LogP contribution in [0.15, 0.2) is 12.2 Å². The second-order valence-electron chi connectivity index (χ2n) is 2.15. The predicted octanol–water partition coefficient (Wildman–Crippen LogP) is 0.555. The number of rotatable bonds is 1. The average molecular weight is 130 g/mol. The maximum atomic E-state index is 9.03. The Kier molecular flexibility index (Phi) is 2.22. The minimum absolute atomic E-state index is 0.421. The summed E-state index contributed by atoms with van der Waals surface area (Å²) in [5, 5.41) is 17.2. The monoisotopic (exact) mass is 130 g/mol. The van der Waals surface area contributed by atoms with Crippen LogP contribution >= 0.6 is 0 Å². The lowest BCUT2D eigenvalue weighted by Crippen LogP contribution is -2.29. The Hall–Kier alpha value is -0.380. The summed E-state index contributed by atoms with van der Waals surface area (Å²) >= 11 is 0. The van der Waals surface area contributed by atoms with Gasteiger partial charge >= 0.3 is 0 Å². The molecular formula is C6H10O3. The first-order valence-corrected chi connectivity index (χ1v) is 2.98. The molecule has 2 N–H and O–H groups in total. The minimum atomic E-state index is -0.542. The van der Waals surface area contributed by atoms with E-state index in [0.29, 0.717) is 12.8 Å². The Morgan fingerprint density at radius 1 is 1.33 bits per heavy atom. The Labute approximate surface area is 53.5 Å². The van der Waals surface area contributed by atoms with E-state index in [1.807, 2.05) is 12.2 Å². The molecule has 0 saturated heterocycles. The van der Waals surface area contributed by atoms with Gasteiger partial charge in [-0.05, 0) is 12.8 Å². The molecule has 0 radical (unpaired) electrons. The first kappa shape index (κ1) is 6.74. The molecule has 0 aliphatic heterocycles. The van der Waals surface area contributed by atoms with Crippen molar-refractivity contribution >= 4 is 0 Å². The third-order valence-electron chi connectivity index (χ3n) is 1.48. The van der Waals surface area contributed by atoms with Gasteiger partial charge in [-0.25, -0.2) is 4.89 Å². The van der Waals surface area contributed by atoms with Gasteiger partial charge in [0.25, 0.3) is 0 Å². The maximum absolute atomic E-state index is 9.03. The molecule has 1 aliphatic carbocycles. The lowest BCUT2D eigenvalue weighted by atomic mass is 10.0. The summed E-state index contributed by atoms with van der Waals surface area (Å²) in [5.74, 6) is 0. The lowest BCUT2D eigenvalue weighted by Gasteiger charge is -2.19. The molecule has 0 saturated carbocycles. The van der Waals surface area contributed by atoms with Crippen molar-refractivity contribution in [3.8, 4) is 0 Å². The summed E-state index contributed by atoms with van der Waals surface area (Å²) in [5.41, 5.74) is 0. The first-order valence-electron chi connectivity index (χ1n) is 2.98. The zero-order valence-corrected chi connectivity index (χ0v) is 5.03. The van der Waals surface area contributed by atoms with Gasteiger partial charge in [-0.15, -0.1) is 0 Å². The molecule has 0 aromatic rings. The highest BCUT2D eigenvalue weighted by atomic mass is 17.1. The molecule has 0 bridgehead atoms. The Morgan fingerprint density at radius 2 is 2.00 bits per heavy atom. The second-order valence-corrected chi connectivity index (χ2v) is 2.15. The fourth-order valence-corrected chi connectivity index (χ4v) is 0.888. The summed E-state index contributed by atoms with van der Waals surface area (Å²) in [4.78, 5) is 4.00. The fourth-order valence-electron chi connectivity index (χ4n) is 0.888. The molecule has 3 heteroatoms. The van der Waals surface area contributed by atoms with Gasteiger partial charge in [0.2, 0.25) is 0 Å². The van der Waals surface area contributed by atoms with Crippen molar-refractivity contribution in [1.82, 2.24) is 0 Å². The summed E-state index contributed by atoms with van der Waals surface area (Å²) < 4.78 is 0. The van der Waals surface area contributed by atoms with Crippen molar-refractivity contribution in [3.05, 3.63) is 12.2 Å². The van der Waals surface area contributed by atoms with E-state index >= 15 is 0 Å². The molecule has 0 spiro atoms. The van der Waals surface area contributed by atoms with Crippen LogP contribution in [-0.4, -0.2) is 22.6 Å². The van der Waals surface area contributed by atoms with E-state index < -0.39 is 12.2 Å². The number of hydrogen-bond acceptors (Lipinski definition) is 3. The van der Waals surface area contributed by atoms with E-state index in [0.717, 1.165) is 0 Å². The van der Waals surface area contributed by atoms with E-state index in [4.69, 9.17) is 10.4 Å². The predicted molar refractivity (Wildman–Crippen MR) is 31.9 cm³/mol. The van der Waals surface area contributed by atoms with Gasteiger partial charge in [-0.2, -0.15) is 0 Å². The molecule has 52 valence electrons. The minimum Gasteiger partial charge on any atom is -0.390 e. The number of aliphatic hydroxyl groups excluding tert-OH is 1. The molecule has 3 nitrogen and oxygen atoms in total. The van der Waals surface area contributed by atoms with Crippen LogP contribution in [0.1, 0.15) is 12.8 Å². The Morgan fingerprint density at radius 3 is 2.44 bits per heavy atom. The van der Waals surface area contributed by atoms with Crippen molar-refractivity contribution in [1.29, 1.82) is 0 Å². The van der Waals surface area contributed by atoms with Crippen LogP contribution in [0.4, 0.5) is 0 Å². The van der Waals surface area contributed by atoms with Gasteiger partial charge in [0.1, 0.15) is 6.10 Å². The summed E-state index contributed by atoms with van der Waals surface area (Å²) in [6.07, 6.45) is 3.96. The zero-order valence-electron chi connectivity index (χ0n) is 5.03. The number of aliphatic hydroxyl groups is 1. The summed E-state index contributed by atoms with van der Waals surface area (Å²) in [6.45, 7) is 0. The highest BCUT2D eigenvalue weighted by Crippen LogP contribution is 2.13. The van der Waals surface area contributed by atoms with Gasteiger partial charge < -0.3 is 5.11 Å². The normalized spacial score (nSPS) is 34.9. The van der Waals surface area contributed by atoms with Crippen molar-refractivity contribution in [3.63, 3.8) is 0 Å². The second kappa shape index (κ2) is 2.96. The number of hydrogen-bond donors (Lipinski definition) is 2. The highest BCUT2D eigenvalue weighted by Gasteiger charge is 2.20. The van der Waals surface area contributed by atoms with Crippen LogP contribution < -0.4 is 0 Å². The van der Waals surface area contributed by atoms with Gasteiger partial charge in [0.05, 0.1) is 6.10 Å². The highest BCUT2D eigenvalue weighted by molar-refractivity contribution is 4.95.